The van der Waals surface area contributed by atoms with Crippen LogP contribution in [0.25, 0.3) is 32.7 Å². The average Bonchev–Trinajstić information content (AvgIpc) is 3.11. The summed E-state index contributed by atoms with van der Waals surface area (Å²) in [5.74, 6) is 4.92. The molecular weight excluding hydrogens is 577 g/mol. The smallest absolute Gasteiger partial charge is 0.00643 e. The predicted molar refractivity (Wildman–Crippen MR) is 222 cm³/mol. The van der Waals surface area contributed by atoms with E-state index >= 15 is 0 Å². The van der Waals surface area contributed by atoms with Crippen molar-refractivity contribution >= 4 is 21.5 Å². The summed E-state index contributed by atoms with van der Waals surface area (Å²) in [5.41, 5.74) is 6.17. The summed E-state index contributed by atoms with van der Waals surface area (Å²) < 4.78 is 0. The van der Waals surface area contributed by atoms with Crippen LogP contribution in [0.15, 0.2) is 72.8 Å². The molecule has 0 unspecified atom stereocenters. The first-order valence-electron chi connectivity index (χ1n) is 17.8. The summed E-state index contributed by atoms with van der Waals surface area (Å²) in [6, 6.07) is 27.9. The van der Waals surface area contributed by atoms with E-state index in [0.29, 0.717) is 0 Å². The molecule has 48 heavy (non-hydrogen) atoms. The third kappa shape index (κ3) is 9.55. The second-order valence-electron chi connectivity index (χ2n) is 14.6. The highest BCUT2D eigenvalue weighted by molar-refractivity contribution is 6.07. The first-order valence-corrected chi connectivity index (χ1v) is 17.8. The van der Waals surface area contributed by atoms with Gasteiger partial charge >= 0.3 is 0 Å². The molecule has 0 bridgehead atoms. The number of fused-ring (bicyclic) bond motifs is 7. The van der Waals surface area contributed by atoms with Crippen LogP contribution in [0.1, 0.15) is 153 Å². The molecule has 0 radical (unpaired) electrons. The van der Waals surface area contributed by atoms with Crippen molar-refractivity contribution in [3.63, 3.8) is 0 Å². The second-order valence-corrected chi connectivity index (χ2v) is 14.6. The highest BCUT2D eigenvalue weighted by Crippen LogP contribution is 2.44. The van der Waals surface area contributed by atoms with E-state index in [2.05, 4.69) is 79.7 Å². The fourth-order valence-electron chi connectivity index (χ4n) is 9.55. The second kappa shape index (κ2) is 20.2. The number of hydrogen-bond acceptors (Lipinski definition) is 0. The van der Waals surface area contributed by atoms with Crippen molar-refractivity contribution in [1.82, 2.24) is 0 Å². The summed E-state index contributed by atoms with van der Waals surface area (Å²) in [4.78, 5) is 0. The van der Waals surface area contributed by atoms with Gasteiger partial charge in [-0.25, -0.2) is 0 Å². The molecule has 4 aromatic carbocycles. The van der Waals surface area contributed by atoms with Crippen molar-refractivity contribution in [1.29, 1.82) is 0 Å². The topological polar surface area (TPSA) is 0 Å². The molecule has 2 saturated carbocycles. The lowest BCUT2D eigenvalue weighted by Crippen LogP contribution is -2.22. The van der Waals surface area contributed by atoms with Crippen LogP contribution in [0.3, 0.4) is 0 Å². The molecule has 3 aliphatic carbocycles. The number of hydrogen-bond donors (Lipinski definition) is 0. The maximum atomic E-state index is 2.46. The Kier molecular flexibility index (Phi) is 18.2. The summed E-state index contributed by atoms with van der Waals surface area (Å²) in [6.07, 6.45) is 23.1. The van der Waals surface area contributed by atoms with Gasteiger partial charge in [0.15, 0.2) is 0 Å². The fraction of sp³-hybridized carbons (Fsp3) is 0.583. The lowest BCUT2D eigenvalue weighted by Gasteiger charge is -2.35. The first-order chi connectivity index (χ1) is 20.7. The lowest BCUT2D eigenvalue weighted by atomic mass is 9.71. The lowest BCUT2D eigenvalue weighted by molar-refractivity contribution is 0.174. The zero-order valence-corrected chi connectivity index (χ0v) is 26.1. The molecular formula is C48H76. The molecule has 0 amide bonds. The molecule has 0 saturated heterocycles. The van der Waals surface area contributed by atoms with Gasteiger partial charge in [-0.2, -0.15) is 0 Å². The van der Waals surface area contributed by atoms with Gasteiger partial charge in [0.25, 0.3) is 0 Å². The Morgan fingerprint density at radius 2 is 0.771 bits per heavy atom. The fourth-order valence-corrected chi connectivity index (χ4v) is 9.55. The van der Waals surface area contributed by atoms with Crippen molar-refractivity contribution in [2.75, 3.05) is 0 Å². The van der Waals surface area contributed by atoms with E-state index in [4.69, 9.17) is 0 Å². The Labute approximate surface area is 299 Å². The number of aryl methyl sites for hydroxylation is 2. The molecule has 0 spiro atoms. The normalized spacial score (nSPS) is 22.2. The zero-order valence-electron chi connectivity index (χ0n) is 26.1. The van der Waals surface area contributed by atoms with E-state index in [1.54, 1.807) is 17.5 Å². The standard InChI is InChI=1S/C42H52.6CH4/c1-2-7-30-12-14-31(15-13-30)28-32-16-18-33(19-17-32)29-34-20-22-37-26-24-35-8-3-5-10-39(35)41(37)42-38(23-21-34)27-25-36-9-4-6-11-40(36)42;;;;;;/h3-6,8-11,24-27,30-34H,2,7,12-23,28-29H2,1H3;6*1H4. The molecule has 0 atom stereocenters. The van der Waals surface area contributed by atoms with Gasteiger partial charge in [0.1, 0.15) is 0 Å². The molecule has 0 heterocycles. The zero-order chi connectivity index (χ0) is 28.3. The van der Waals surface area contributed by atoms with Crippen LogP contribution in [0.5, 0.6) is 0 Å². The largest absolute Gasteiger partial charge is 0.0776 e. The monoisotopic (exact) mass is 653 g/mol. The van der Waals surface area contributed by atoms with Crippen LogP contribution in [0, 0.1) is 29.6 Å². The molecule has 0 N–H and O–H groups in total. The Balaban J connectivity index is 0.00000192. The third-order valence-electron chi connectivity index (χ3n) is 11.9. The molecule has 0 aromatic heterocycles. The van der Waals surface area contributed by atoms with Gasteiger partial charge in [0.2, 0.25) is 0 Å². The summed E-state index contributed by atoms with van der Waals surface area (Å²) in [5, 5.41) is 5.61. The van der Waals surface area contributed by atoms with Crippen molar-refractivity contribution in [3.8, 4) is 11.1 Å². The van der Waals surface area contributed by atoms with E-state index in [9.17, 15) is 0 Å². The van der Waals surface area contributed by atoms with Gasteiger partial charge in [0, 0.05) is 0 Å². The van der Waals surface area contributed by atoms with Crippen molar-refractivity contribution in [2.24, 2.45) is 29.6 Å². The van der Waals surface area contributed by atoms with Gasteiger partial charge < -0.3 is 0 Å². The Bertz CT molecular complexity index is 1390. The van der Waals surface area contributed by atoms with Gasteiger partial charge in [-0.05, 0) is 112 Å². The Morgan fingerprint density at radius 1 is 0.417 bits per heavy atom. The molecule has 2 fully saturated rings. The summed E-state index contributed by atoms with van der Waals surface area (Å²) >= 11 is 0. The van der Waals surface area contributed by atoms with Crippen LogP contribution >= 0.6 is 0 Å². The van der Waals surface area contributed by atoms with Crippen molar-refractivity contribution in [2.45, 2.75) is 154 Å². The van der Waals surface area contributed by atoms with Gasteiger partial charge in [-0.15, -0.1) is 0 Å². The average molecular weight is 653 g/mol. The molecule has 7 rings (SSSR count). The summed E-state index contributed by atoms with van der Waals surface area (Å²) in [6.45, 7) is 2.37. The van der Waals surface area contributed by atoms with Crippen LogP contribution < -0.4 is 0 Å². The van der Waals surface area contributed by atoms with Gasteiger partial charge in [0.05, 0.1) is 0 Å². The Morgan fingerprint density at radius 3 is 1.17 bits per heavy atom. The maximum absolute atomic E-state index is 2.46. The van der Waals surface area contributed by atoms with Crippen molar-refractivity contribution < 1.29 is 0 Å². The van der Waals surface area contributed by atoms with Crippen LogP contribution in [-0.4, -0.2) is 0 Å². The van der Waals surface area contributed by atoms with E-state index in [1.165, 1.54) is 129 Å². The SMILES string of the molecule is C.C.C.C.C.C.CCCC1CCC(CC2CCC(CC3CCc4ccc5ccccc5c4-c4c(ccc5ccccc45)CC3)CC2)CC1. The van der Waals surface area contributed by atoms with E-state index < -0.39 is 0 Å². The minimum atomic E-state index is 0. The van der Waals surface area contributed by atoms with Crippen molar-refractivity contribution in [3.05, 3.63) is 83.9 Å². The molecule has 0 heteroatoms. The minimum Gasteiger partial charge on any atom is -0.0776 e. The van der Waals surface area contributed by atoms with Gasteiger partial charge in [-0.3, -0.25) is 0 Å². The van der Waals surface area contributed by atoms with Crippen LogP contribution in [-0.2, 0) is 12.8 Å². The highest BCUT2D eigenvalue weighted by atomic mass is 14.3. The molecule has 4 aromatic rings. The highest BCUT2D eigenvalue weighted by Gasteiger charge is 2.29. The van der Waals surface area contributed by atoms with E-state index in [-0.39, 0.29) is 44.6 Å². The van der Waals surface area contributed by atoms with Crippen LogP contribution in [0.2, 0.25) is 0 Å². The number of rotatable bonds is 6. The predicted octanol–water partition coefficient (Wildman–Crippen LogP) is 16.2. The minimum absolute atomic E-state index is 0. The number of benzene rings is 4. The van der Waals surface area contributed by atoms with E-state index in [1.807, 2.05) is 0 Å². The Hall–Kier alpha value is -2.60. The summed E-state index contributed by atoms with van der Waals surface area (Å²) in [7, 11) is 0. The first kappa shape index (κ1) is 43.4. The molecule has 0 nitrogen and oxygen atoms in total. The third-order valence-corrected chi connectivity index (χ3v) is 11.9. The molecule has 0 aliphatic heterocycles. The molecule has 268 valence electrons. The quantitative estimate of drug-likeness (QED) is 0.194. The van der Waals surface area contributed by atoms with E-state index in [0.717, 1.165) is 29.6 Å². The van der Waals surface area contributed by atoms with Crippen LogP contribution in [0.4, 0.5) is 0 Å². The molecule has 3 aliphatic rings. The maximum Gasteiger partial charge on any atom is -0.00643 e. The van der Waals surface area contributed by atoms with Gasteiger partial charge in [-0.1, -0.05) is 188 Å².